The Morgan fingerprint density at radius 3 is 2.69 bits per heavy atom. The van der Waals surface area contributed by atoms with Crippen LogP contribution < -0.4 is 10.0 Å². The largest absolute Gasteiger partial charge is 0.377 e. The van der Waals surface area contributed by atoms with Gasteiger partial charge in [-0.15, -0.1) is 0 Å². The summed E-state index contributed by atoms with van der Waals surface area (Å²) in [5.74, 6) is -1.11. The number of ether oxygens (including phenoxy) is 1. The lowest BCUT2D eigenvalue weighted by Crippen LogP contribution is -2.52. The van der Waals surface area contributed by atoms with Crippen LogP contribution in [0.2, 0.25) is 0 Å². The number of hydrogen-bond acceptors (Lipinski definition) is 6. The molecule has 2 saturated heterocycles. The van der Waals surface area contributed by atoms with Gasteiger partial charge in [-0.2, -0.15) is 0 Å². The molecule has 3 amide bonds. The number of amides is 3. The van der Waals surface area contributed by atoms with Crippen molar-refractivity contribution >= 4 is 27.7 Å². The van der Waals surface area contributed by atoms with Crippen LogP contribution >= 0.6 is 0 Å². The van der Waals surface area contributed by atoms with Gasteiger partial charge in [-0.1, -0.05) is 26.0 Å². The van der Waals surface area contributed by atoms with Gasteiger partial charge >= 0.3 is 0 Å². The fourth-order valence-electron chi connectivity index (χ4n) is 4.42. The second-order valence-corrected chi connectivity index (χ2v) is 11.5. The highest BCUT2D eigenvalue weighted by atomic mass is 32.2. The van der Waals surface area contributed by atoms with E-state index < -0.39 is 22.0 Å². The van der Waals surface area contributed by atoms with E-state index in [1.165, 1.54) is 4.90 Å². The summed E-state index contributed by atoms with van der Waals surface area (Å²) in [6.07, 6.45) is 1.84. The van der Waals surface area contributed by atoms with E-state index in [0.29, 0.717) is 25.0 Å². The van der Waals surface area contributed by atoms with Gasteiger partial charge in [-0.25, -0.2) is 13.1 Å². The Hall–Kier alpha value is -2.30. The van der Waals surface area contributed by atoms with Crippen molar-refractivity contribution in [2.24, 2.45) is 5.41 Å². The number of carbonyl (C=O) groups is 3. The van der Waals surface area contributed by atoms with Crippen LogP contribution in [-0.4, -0.2) is 55.5 Å². The molecule has 3 aliphatic heterocycles. The molecule has 0 radical (unpaired) electrons. The molecule has 2 N–H and O–H groups in total. The second kappa shape index (κ2) is 8.57. The lowest BCUT2D eigenvalue weighted by atomic mass is 9.86. The molecule has 2 atom stereocenters. The quantitative estimate of drug-likeness (QED) is 0.609. The highest BCUT2D eigenvalue weighted by molar-refractivity contribution is 7.89. The SMILES string of the molecule is CC1(C)CCC(CS(=O)(=O)NCc2ccc3c(c2)CN(C2CCC(=O)NC2=O)C3=O)OC1. The van der Waals surface area contributed by atoms with E-state index in [0.717, 1.165) is 17.5 Å². The van der Waals surface area contributed by atoms with Crippen molar-refractivity contribution < 1.29 is 27.5 Å². The van der Waals surface area contributed by atoms with Crippen molar-refractivity contribution in [1.82, 2.24) is 14.9 Å². The van der Waals surface area contributed by atoms with Crippen LogP contribution in [0.1, 0.15) is 61.0 Å². The summed E-state index contributed by atoms with van der Waals surface area (Å²) in [5.41, 5.74) is 2.06. The molecular weight excluding hydrogens is 434 g/mol. The minimum atomic E-state index is -3.52. The molecule has 0 bridgehead atoms. The summed E-state index contributed by atoms with van der Waals surface area (Å²) in [7, 11) is -3.52. The molecule has 32 heavy (non-hydrogen) atoms. The van der Waals surface area contributed by atoms with E-state index in [4.69, 9.17) is 4.74 Å². The van der Waals surface area contributed by atoms with Crippen LogP contribution in [-0.2, 0) is 37.4 Å². The first-order chi connectivity index (χ1) is 15.0. The number of benzene rings is 1. The van der Waals surface area contributed by atoms with Crippen molar-refractivity contribution in [3.8, 4) is 0 Å². The Morgan fingerprint density at radius 2 is 2.00 bits per heavy atom. The molecule has 0 aromatic heterocycles. The number of sulfonamides is 1. The summed E-state index contributed by atoms with van der Waals surface area (Å²) in [6.45, 7) is 5.13. The first-order valence-electron chi connectivity index (χ1n) is 10.9. The van der Waals surface area contributed by atoms with E-state index in [2.05, 4.69) is 23.9 Å². The van der Waals surface area contributed by atoms with Crippen LogP contribution in [0.4, 0.5) is 0 Å². The third kappa shape index (κ3) is 5.02. The highest BCUT2D eigenvalue weighted by Gasteiger charge is 2.39. The Labute approximate surface area is 187 Å². The van der Waals surface area contributed by atoms with Crippen molar-refractivity contribution in [3.63, 3.8) is 0 Å². The first kappa shape index (κ1) is 22.9. The highest BCUT2D eigenvalue weighted by Crippen LogP contribution is 2.30. The van der Waals surface area contributed by atoms with Gasteiger partial charge in [0, 0.05) is 25.1 Å². The molecule has 1 aromatic carbocycles. The average molecular weight is 464 g/mol. The van der Waals surface area contributed by atoms with Gasteiger partial charge in [0.25, 0.3) is 5.91 Å². The Kier molecular flexibility index (Phi) is 6.12. The van der Waals surface area contributed by atoms with Crippen LogP contribution in [0, 0.1) is 5.41 Å². The zero-order valence-corrected chi connectivity index (χ0v) is 19.2. The van der Waals surface area contributed by atoms with Gasteiger partial charge in [-0.05, 0) is 41.9 Å². The fraction of sp³-hybridized carbons (Fsp3) is 0.591. The normalized spacial score (nSPS) is 25.6. The molecule has 174 valence electrons. The number of fused-ring (bicyclic) bond motifs is 1. The van der Waals surface area contributed by atoms with E-state index in [1.807, 2.05) is 0 Å². The summed E-state index contributed by atoms with van der Waals surface area (Å²) in [5, 5.41) is 2.28. The third-order valence-electron chi connectivity index (χ3n) is 6.34. The van der Waals surface area contributed by atoms with Crippen LogP contribution in [0.15, 0.2) is 18.2 Å². The maximum absolute atomic E-state index is 12.8. The van der Waals surface area contributed by atoms with Crippen LogP contribution in [0.5, 0.6) is 0 Å². The van der Waals surface area contributed by atoms with Gasteiger partial charge < -0.3 is 9.64 Å². The zero-order chi connectivity index (χ0) is 23.1. The topological polar surface area (TPSA) is 122 Å². The summed E-state index contributed by atoms with van der Waals surface area (Å²) < 4.78 is 33.4. The predicted octanol–water partition coefficient (Wildman–Crippen LogP) is 1.07. The molecule has 0 saturated carbocycles. The van der Waals surface area contributed by atoms with Crippen molar-refractivity contribution in [3.05, 3.63) is 34.9 Å². The molecule has 0 aliphatic carbocycles. The van der Waals surface area contributed by atoms with Gasteiger partial charge in [-0.3, -0.25) is 19.7 Å². The lowest BCUT2D eigenvalue weighted by molar-refractivity contribution is -0.136. The Balaban J connectivity index is 1.36. The summed E-state index contributed by atoms with van der Waals surface area (Å²) >= 11 is 0. The molecule has 2 unspecified atom stereocenters. The molecule has 10 heteroatoms. The number of piperidine rings is 1. The van der Waals surface area contributed by atoms with Crippen molar-refractivity contribution in [1.29, 1.82) is 0 Å². The number of nitrogens with zero attached hydrogens (tertiary/aromatic N) is 1. The predicted molar refractivity (Wildman–Crippen MR) is 116 cm³/mol. The number of carbonyl (C=O) groups excluding carboxylic acids is 3. The van der Waals surface area contributed by atoms with E-state index in [1.54, 1.807) is 18.2 Å². The lowest BCUT2D eigenvalue weighted by Gasteiger charge is -2.34. The Bertz CT molecular complexity index is 1040. The molecule has 3 aliphatic rings. The fourth-order valence-corrected chi connectivity index (χ4v) is 5.67. The van der Waals surface area contributed by atoms with E-state index >= 15 is 0 Å². The van der Waals surface area contributed by atoms with Gasteiger partial charge in [0.1, 0.15) is 6.04 Å². The zero-order valence-electron chi connectivity index (χ0n) is 18.3. The molecule has 3 heterocycles. The minimum absolute atomic E-state index is 0.0736. The molecule has 4 rings (SSSR count). The molecule has 2 fully saturated rings. The summed E-state index contributed by atoms with van der Waals surface area (Å²) in [4.78, 5) is 37.8. The molecule has 1 aromatic rings. The van der Waals surface area contributed by atoms with Gasteiger partial charge in [0.15, 0.2) is 0 Å². The molecule has 0 spiro atoms. The number of rotatable bonds is 6. The van der Waals surface area contributed by atoms with Crippen LogP contribution in [0.3, 0.4) is 0 Å². The van der Waals surface area contributed by atoms with Crippen molar-refractivity contribution in [2.75, 3.05) is 12.4 Å². The first-order valence-corrected chi connectivity index (χ1v) is 12.5. The van der Waals surface area contributed by atoms with Crippen molar-refractivity contribution in [2.45, 2.75) is 64.8 Å². The molecular formula is C22H29N3O6S. The summed E-state index contributed by atoms with van der Waals surface area (Å²) in [6, 6.07) is 4.50. The monoisotopic (exact) mass is 463 g/mol. The number of hydrogen-bond donors (Lipinski definition) is 2. The smallest absolute Gasteiger partial charge is 0.255 e. The standard InChI is InChI=1S/C22H29N3O6S/c1-22(2)8-7-16(31-13-22)12-32(29,30)23-10-14-3-4-17-15(9-14)11-25(21(17)28)18-5-6-19(26)24-20(18)27/h3-4,9,16,18,23H,5-8,10-13H2,1-2H3,(H,24,26,27). The minimum Gasteiger partial charge on any atom is -0.377 e. The second-order valence-electron chi connectivity index (χ2n) is 9.63. The van der Waals surface area contributed by atoms with Crippen LogP contribution in [0.25, 0.3) is 0 Å². The van der Waals surface area contributed by atoms with Gasteiger partial charge in [0.2, 0.25) is 21.8 Å². The average Bonchev–Trinajstić information content (AvgIpc) is 3.04. The van der Waals surface area contributed by atoms with Gasteiger partial charge in [0.05, 0.1) is 18.5 Å². The maximum atomic E-state index is 12.8. The van der Waals surface area contributed by atoms with E-state index in [-0.39, 0.29) is 48.6 Å². The molecule has 9 nitrogen and oxygen atoms in total. The number of nitrogens with one attached hydrogen (secondary N) is 2. The Morgan fingerprint density at radius 1 is 1.22 bits per heavy atom. The number of imide groups is 1. The van der Waals surface area contributed by atoms with E-state index in [9.17, 15) is 22.8 Å². The third-order valence-corrected chi connectivity index (χ3v) is 7.74. The maximum Gasteiger partial charge on any atom is 0.255 e.